The van der Waals surface area contributed by atoms with Gasteiger partial charge in [-0.15, -0.1) is 0 Å². The van der Waals surface area contributed by atoms with Crippen LogP contribution in [0.1, 0.15) is 32.1 Å². The molecule has 0 aromatic rings. The normalized spacial score (nSPS) is 52.4. The van der Waals surface area contributed by atoms with Crippen LogP contribution in [0.25, 0.3) is 0 Å². The standard InChI is InChI=1S/C10H15.Al.3H/c1-7-2-9-4-8(1)5-10(3-7)6-9;;;;/h1,7-10H,2-6H2;;;;. The molecule has 0 aromatic heterocycles. The quantitative estimate of drug-likeness (QED) is 0.477. The van der Waals surface area contributed by atoms with Crippen LogP contribution in [0.4, 0.5) is 0 Å². The maximum Gasteiger partial charge on any atom is 0.187 e. The minimum Gasteiger partial charge on any atom is -0.0475 e. The van der Waals surface area contributed by atoms with Crippen molar-refractivity contribution in [2.75, 3.05) is 0 Å². The lowest BCUT2D eigenvalue weighted by Gasteiger charge is -2.49. The van der Waals surface area contributed by atoms with Gasteiger partial charge in [0.2, 0.25) is 0 Å². The van der Waals surface area contributed by atoms with Crippen molar-refractivity contribution in [3.63, 3.8) is 0 Å². The third-order valence-electron chi connectivity index (χ3n) is 3.76. The summed E-state index contributed by atoms with van der Waals surface area (Å²) in [7, 11) is 0. The first kappa shape index (κ1) is 8.15. The van der Waals surface area contributed by atoms with E-state index in [0.29, 0.717) is 0 Å². The van der Waals surface area contributed by atoms with Crippen LogP contribution in [0.2, 0.25) is 0 Å². The fourth-order valence-corrected chi connectivity index (χ4v) is 3.65. The lowest BCUT2D eigenvalue weighted by molar-refractivity contribution is 0.0649. The molecule has 0 atom stereocenters. The Balaban J connectivity index is 0.000000480. The van der Waals surface area contributed by atoms with Gasteiger partial charge in [0.05, 0.1) is 0 Å². The second kappa shape index (κ2) is 2.79. The summed E-state index contributed by atoms with van der Waals surface area (Å²) in [4.78, 5) is 0. The average molecular weight is 165 g/mol. The van der Waals surface area contributed by atoms with E-state index < -0.39 is 0 Å². The first-order chi connectivity index (χ1) is 4.90. The van der Waals surface area contributed by atoms with Gasteiger partial charge < -0.3 is 0 Å². The summed E-state index contributed by atoms with van der Waals surface area (Å²) >= 11 is 0. The fourth-order valence-electron chi connectivity index (χ4n) is 3.65. The van der Waals surface area contributed by atoms with Gasteiger partial charge in [-0.1, -0.05) is 0 Å². The highest BCUT2D eigenvalue weighted by atomic mass is 27.0. The molecule has 0 heterocycles. The molecule has 4 rings (SSSR count). The third-order valence-corrected chi connectivity index (χ3v) is 3.76. The minimum absolute atomic E-state index is 0. The summed E-state index contributed by atoms with van der Waals surface area (Å²) in [5.41, 5.74) is 0. The highest BCUT2D eigenvalue weighted by molar-refractivity contribution is 5.75. The van der Waals surface area contributed by atoms with Gasteiger partial charge >= 0.3 is 0 Å². The molecule has 4 bridgehead atoms. The van der Waals surface area contributed by atoms with Crippen LogP contribution in [0.5, 0.6) is 0 Å². The van der Waals surface area contributed by atoms with Crippen molar-refractivity contribution in [1.82, 2.24) is 0 Å². The molecule has 4 fully saturated rings. The SMILES string of the molecule is [AlH3].[CH]1C2CC3CC1CC(C2)C3. The van der Waals surface area contributed by atoms with E-state index in [9.17, 15) is 0 Å². The summed E-state index contributed by atoms with van der Waals surface area (Å²) in [5, 5.41) is 0. The van der Waals surface area contributed by atoms with Gasteiger partial charge in [-0.25, -0.2) is 0 Å². The van der Waals surface area contributed by atoms with Crippen LogP contribution in [-0.4, -0.2) is 17.4 Å². The van der Waals surface area contributed by atoms with Gasteiger partial charge in [0.15, 0.2) is 17.4 Å². The summed E-state index contributed by atoms with van der Waals surface area (Å²) < 4.78 is 0. The van der Waals surface area contributed by atoms with Gasteiger partial charge in [0, 0.05) is 0 Å². The smallest absolute Gasteiger partial charge is 0.0475 e. The lowest BCUT2D eigenvalue weighted by Crippen LogP contribution is -2.38. The molecule has 61 valence electrons. The van der Waals surface area contributed by atoms with Gasteiger partial charge in [-0.3, -0.25) is 0 Å². The molecule has 1 heteroatoms. The van der Waals surface area contributed by atoms with Crippen LogP contribution in [0, 0.1) is 30.1 Å². The summed E-state index contributed by atoms with van der Waals surface area (Å²) in [5.74, 6) is 4.40. The van der Waals surface area contributed by atoms with E-state index in [1.165, 1.54) is 0 Å². The summed E-state index contributed by atoms with van der Waals surface area (Å²) in [6.07, 6.45) is 10.4. The van der Waals surface area contributed by atoms with E-state index in [0.717, 1.165) is 23.7 Å². The number of hydrogen-bond acceptors (Lipinski definition) is 0. The van der Waals surface area contributed by atoms with Crippen molar-refractivity contribution in [2.24, 2.45) is 23.7 Å². The highest BCUT2D eigenvalue weighted by Gasteiger charge is 2.41. The first-order valence-corrected chi connectivity index (χ1v) is 4.75. The minimum atomic E-state index is 0. The Labute approximate surface area is 79.9 Å². The Morgan fingerprint density at radius 1 is 0.727 bits per heavy atom. The van der Waals surface area contributed by atoms with Gasteiger partial charge in [0.1, 0.15) is 0 Å². The molecule has 4 aliphatic rings. The van der Waals surface area contributed by atoms with E-state index in [2.05, 4.69) is 6.42 Å². The molecule has 0 nitrogen and oxygen atoms in total. The molecule has 11 heavy (non-hydrogen) atoms. The highest BCUT2D eigenvalue weighted by Crippen LogP contribution is 2.52. The van der Waals surface area contributed by atoms with Crippen molar-refractivity contribution in [2.45, 2.75) is 32.1 Å². The van der Waals surface area contributed by atoms with Crippen LogP contribution in [0.15, 0.2) is 0 Å². The Hall–Kier alpha value is 0.532. The van der Waals surface area contributed by atoms with E-state index in [1.54, 1.807) is 32.1 Å². The number of hydrogen-bond donors (Lipinski definition) is 0. The molecular weight excluding hydrogens is 147 g/mol. The van der Waals surface area contributed by atoms with E-state index >= 15 is 0 Å². The zero-order valence-electron chi connectivity index (χ0n) is 6.42. The van der Waals surface area contributed by atoms with Gasteiger partial charge in [-0.2, -0.15) is 0 Å². The average Bonchev–Trinajstić information content (AvgIpc) is 1.82. The van der Waals surface area contributed by atoms with E-state index in [4.69, 9.17) is 0 Å². The Bertz CT molecular complexity index is 96.4. The van der Waals surface area contributed by atoms with Crippen molar-refractivity contribution >= 4 is 17.4 Å². The topological polar surface area (TPSA) is 0 Å². The molecule has 0 amide bonds. The predicted octanol–water partition coefficient (Wildman–Crippen LogP) is 1.46. The molecule has 0 saturated heterocycles. The van der Waals surface area contributed by atoms with E-state index in [1.807, 2.05) is 0 Å². The molecule has 1 radical (unpaired) electrons. The third kappa shape index (κ3) is 1.27. The van der Waals surface area contributed by atoms with Crippen molar-refractivity contribution in [3.05, 3.63) is 6.42 Å². The Morgan fingerprint density at radius 2 is 1.18 bits per heavy atom. The van der Waals surface area contributed by atoms with Gasteiger partial charge in [-0.05, 0) is 62.2 Å². The molecule has 0 spiro atoms. The molecular formula is C10H18Al. The number of rotatable bonds is 0. The zero-order valence-corrected chi connectivity index (χ0v) is 6.42. The molecule has 4 saturated carbocycles. The van der Waals surface area contributed by atoms with Crippen molar-refractivity contribution < 1.29 is 0 Å². The predicted molar refractivity (Wildman–Crippen MR) is 51.3 cm³/mol. The summed E-state index contributed by atoms with van der Waals surface area (Å²) in [6.45, 7) is 0. The van der Waals surface area contributed by atoms with Crippen molar-refractivity contribution in [1.29, 1.82) is 0 Å². The molecule has 0 aromatic carbocycles. The lowest BCUT2D eigenvalue weighted by atomic mass is 9.56. The molecule has 4 aliphatic carbocycles. The Morgan fingerprint density at radius 3 is 1.55 bits per heavy atom. The molecule has 0 aliphatic heterocycles. The fraction of sp³-hybridized carbons (Fsp3) is 0.900. The second-order valence-electron chi connectivity index (χ2n) is 4.62. The summed E-state index contributed by atoms with van der Waals surface area (Å²) in [6, 6.07) is 0. The largest absolute Gasteiger partial charge is 0.187 e. The van der Waals surface area contributed by atoms with Gasteiger partial charge in [0.25, 0.3) is 0 Å². The molecule has 0 N–H and O–H groups in total. The van der Waals surface area contributed by atoms with Crippen LogP contribution < -0.4 is 0 Å². The maximum absolute atomic E-state index is 2.66. The maximum atomic E-state index is 2.66. The monoisotopic (exact) mass is 165 g/mol. The first-order valence-electron chi connectivity index (χ1n) is 4.75. The second-order valence-corrected chi connectivity index (χ2v) is 4.62. The molecule has 0 unspecified atom stereocenters. The zero-order chi connectivity index (χ0) is 6.55. The Kier molecular flexibility index (Phi) is 2.06. The van der Waals surface area contributed by atoms with Crippen LogP contribution >= 0.6 is 0 Å². The van der Waals surface area contributed by atoms with Crippen molar-refractivity contribution in [3.8, 4) is 0 Å². The van der Waals surface area contributed by atoms with Crippen LogP contribution in [0.3, 0.4) is 0 Å². The van der Waals surface area contributed by atoms with Crippen LogP contribution in [-0.2, 0) is 0 Å². The van der Waals surface area contributed by atoms with E-state index in [-0.39, 0.29) is 17.4 Å².